The zero-order valence-electron chi connectivity index (χ0n) is 18.2. The molecule has 0 N–H and O–H groups in total. The van der Waals surface area contributed by atoms with E-state index in [1.807, 2.05) is 17.0 Å². The highest BCUT2D eigenvalue weighted by Crippen LogP contribution is 2.36. The highest BCUT2D eigenvalue weighted by molar-refractivity contribution is 6.30. The monoisotopic (exact) mass is 461 g/mol. The first-order chi connectivity index (χ1) is 15.4. The van der Waals surface area contributed by atoms with Crippen LogP contribution in [0.3, 0.4) is 0 Å². The van der Waals surface area contributed by atoms with Crippen LogP contribution in [0, 0.1) is 12.3 Å². The molecule has 172 valence electrons. The van der Waals surface area contributed by atoms with Crippen LogP contribution in [0.2, 0.25) is 5.02 Å². The van der Waals surface area contributed by atoms with Gasteiger partial charge in [0, 0.05) is 50.0 Å². The zero-order valence-corrected chi connectivity index (χ0v) is 19.0. The van der Waals surface area contributed by atoms with Gasteiger partial charge in [0.2, 0.25) is 5.91 Å². The van der Waals surface area contributed by atoms with Gasteiger partial charge in [0.1, 0.15) is 12.0 Å². The van der Waals surface area contributed by atoms with Crippen molar-refractivity contribution in [1.82, 2.24) is 14.8 Å². The van der Waals surface area contributed by atoms with Gasteiger partial charge in [-0.2, -0.15) is 0 Å². The summed E-state index contributed by atoms with van der Waals surface area (Å²) in [7, 11) is 0. The van der Waals surface area contributed by atoms with Crippen molar-refractivity contribution in [3.63, 3.8) is 0 Å². The number of piperidine rings is 1. The van der Waals surface area contributed by atoms with Crippen molar-refractivity contribution >= 4 is 23.4 Å². The van der Waals surface area contributed by atoms with Gasteiger partial charge < -0.3 is 23.7 Å². The van der Waals surface area contributed by atoms with Gasteiger partial charge in [-0.1, -0.05) is 17.7 Å². The van der Waals surface area contributed by atoms with Crippen LogP contribution in [0.4, 0.5) is 0 Å². The number of carbonyl (C=O) groups is 2. The Morgan fingerprint density at radius 2 is 2.03 bits per heavy atom. The van der Waals surface area contributed by atoms with Gasteiger partial charge >= 0.3 is 0 Å². The number of likely N-dealkylation sites (tertiary alicyclic amines) is 1. The summed E-state index contributed by atoms with van der Waals surface area (Å²) in [4.78, 5) is 34.0. The van der Waals surface area contributed by atoms with E-state index in [4.69, 9.17) is 25.5 Å². The Bertz CT molecular complexity index is 959. The predicted octanol–water partition coefficient (Wildman–Crippen LogP) is 3.19. The molecule has 0 spiro atoms. The Balaban J connectivity index is 1.52. The van der Waals surface area contributed by atoms with Crippen LogP contribution in [-0.2, 0) is 9.53 Å². The maximum atomic E-state index is 13.1. The van der Waals surface area contributed by atoms with Gasteiger partial charge in [0.05, 0.1) is 19.8 Å². The van der Waals surface area contributed by atoms with Gasteiger partial charge in [0.25, 0.3) is 5.91 Å². The standard InChI is InChI=1S/C23H28ClN3O5/c1-17-25-20(14-31-17)22(29)27-7-3-6-23(15-27,13-21(28)26-8-10-30-11-9-26)16-32-19-5-2-4-18(24)12-19/h2,4-5,12,14H,3,6-11,13,15-16H2,1H3/t23-/m1/s1. The molecule has 4 rings (SSSR count). The highest BCUT2D eigenvalue weighted by Gasteiger charge is 2.41. The number of rotatable bonds is 6. The number of aryl methyl sites for hydroxylation is 1. The fourth-order valence-electron chi connectivity index (χ4n) is 4.36. The summed E-state index contributed by atoms with van der Waals surface area (Å²) in [5.41, 5.74) is -0.224. The summed E-state index contributed by atoms with van der Waals surface area (Å²) in [6.45, 7) is 5.31. The minimum absolute atomic E-state index is 0.0644. The summed E-state index contributed by atoms with van der Waals surface area (Å²) in [5, 5.41) is 0.586. The number of carbonyl (C=O) groups excluding carboxylic acids is 2. The molecule has 32 heavy (non-hydrogen) atoms. The van der Waals surface area contributed by atoms with E-state index in [2.05, 4.69) is 4.98 Å². The second-order valence-electron chi connectivity index (χ2n) is 8.50. The number of benzene rings is 1. The quantitative estimate of drug-likeness (QED) is 0.656. The fraction of sp³-hybridized carbons (Fsp3) is 0.522. The van der Waals surface area contributed by atoms with Crippen LogP contribution in [-0.4, -0.2) is 72.6 Å². The van der Waals surface area contributed by atoms with Crippen molar-refractivity contribution in [3.05, 3.63) is 47.1 Å². The molecule has 2 aliphatic heterocycles. The topological polar surface area (TPSA) is 85.1 Å². The first kappa shape index (κ1) is 22.6. The second-order valence-corrected chi connectivity index (χ2v) is 8.93. The molecule has 2 amide bonds. The lowest BCUT2D eigenvalue weighted by Crippen LogP contribution is -2.52. The van der Waals surface area contributed by atoms with E-state index in [0.29, 0.717) is 69.1 Å². The van der Waals surface area contributed by atoms with Crippen LogP contribution in [0.15, 0.2) is 34.9 Å². The molecule has 2 saturated heterocycles. The number of hydrogen-bond acceptors (Lipinski definition) is 6. The van der Waals surface area contributed by atoms with Gasteiger partial charge in [-0.15, -0.1) is 0 Å². The smallest absolute Gasteiger partial charge is 0.275 e. The summed E-state index contributed by atoms with van der Waals surface area (Å²) in [6.07, 6.45) is 3.24. The van der Waals surface area contributed by atoms with E-state index in [0.717, 1.165) is 12.8 Å². The van der Waals surface area contributed by atoms with E-state index in [1.165, 1.54) is 6.26 Å². The molecule has 0 radical (unpaired) electrons. The molecule has 2 fully saturated rings. The molecule has 0 saturated carbocycles. The molecule has 0 bridgehead atoms. The average molecular weight is 462 g/mol. The summed E-state index contributed by atoms with van der Waals surface area (Å²) >= 11 is 6.10. The SMILES string of the molecule is Cc1nc(C(=O)N2CCC[C@@](COc3cccc(Cl)c3)(CC(=O)N3CCOCC3)C2)co1. The van der Waals surface area contributed by atoms with E-state index in [9.17, 15) is 9.59 Å². The van der Waals surface area contributed by atoms with Gasteiger partial charge in [0.15, 0.2) is 11.6 Å². The molecule has 3 heterocycles. The number of oxazole rings is 1. The minimum Gasteiger partial charge on any atom is -0.493 e. The number of morpholine rings is 1. The third-order valence-corrected chi connectivity index (χ3v) is 6.25. The van der Waals surface area contributed by atoms with E-state index < -0.39 is 5.41 Å². The molecule has 8 nitrogen and oxygen atoms in total. The summed E-state index contributed by atoms with van der Waals surface area (Å²) in [6, 6.07) is 7.20. The third kappa shape index (κ3) is 5.42. The Morgan fingerprint density at radius 3 is 2.75 bits per heavy atom. The van der Waals surface area contributed by atoms with Crippen LogP contribution in [0.1, 0.15) is 35.6 Å². The van der Waals surface area contributed by atoms with E-state index >= 15 is 0 Å². The fourth-order valence-corrected chi connectivity index (χ4v) is 4.54. The molecule has 2 aliphatic rings. The number of amides is 2. The second kappa shape index (κ2) is 9.92. The molecule has 0 aliphatic carbocycles. The molecular weight excluding hydrogens is 434 g/mol. The molecule has 2 aromatic rings. The van der Waals surface area contributed by atoms with Crippen molar-refractivity contribution < 1.29 is 23.5 Å². The molecule has 1 aromatic carbocycles. The number of nitrogens with zero attached hydrogens (tertiary/aromatic N) is 3. The molecule has 0 unspecified atom stereocenters. The number of hydrogen-bond donors (Lipinski definition) is 0. The number of halogens is 1. The molecule has 1 atom stereocenters. The predicted molar refractivity (Wildman–Crippen MR) is 118 cm³/mol. The van der Waals surface area contributed by atoms with Crippen molar-refractivity contribution in [2.75, 3.05) is 46.0 Å². The van der Waals surface area contributed by atoms with E-state index in [-0.39, 0.29) is 17.5 Å². The van der Waals surface area contributed by atoms with Crippen molar-refractivity contribution in [3.8, 4) is 5.75 Å². The molecule has 9 heteroatoms. The van der Waals surface area contributed by atoms with Crippen molar-refractivity contribution in [2.24, 2.45) is 5.41 Å². The number of ether oxygens (including phenoxy) is 2. The average Bonchev–Trinajstić information content (AvgIpc) is 3.24. The third-order valence-electron chi connectivity index (χ3n) is 6.02. The number of aromatic nitrogens is 1. The van der Waals surface area contributed by atoms with Gasteiger partial charge in [-0.25, -0.2) is 4.98 Å². The van der Waals surface area contributed by atoms with Crippen molar-refractivity contribution in [1.29, 1.82) is 0 Å². The highest BCUT2D eigenvalue weighted by atomic mass is 35.5. The Labute approximate surface area is 192 Å². The first-order valence-corrected chi connectivity index (χ1v) is 11.3. The lowest BCUT2D eigenvalue weighted by molar-refractivity contribution is -0.139. The largest absolute Gasteiger partial charge is 0.493 e. The maximum Gasteiger partial charge on any atom is 0.275 e. The molecule has 1 aromatic heterocycles. The Hall–Kier alpha value is -2.58. The van der Waals surface area contributed by atoms with E-state index in [1.54, 1.807) is 24.0 Å². The lowest BCUT2D eigenvalue weighted by Gasteiger charge is -2.43. The van der Waals surface area contributed by atoms with Gasteiger partial charge in [-0.3, -0.25) is 9.59 Å². The van der Waals surface area contributed by atoms with Crippen LogP contribution < -0.4 is 4.74 Å². The lowest BCUT2D eigenvalue weighted by atomic mass is 9.77. The Kier molecular flexibility index (Phi) is 7.01. The zero-order chi connectivity index (χ0) is 22.6. The summed E-state index contributed by atoms with van der Waals surface area (Å²) < 4.78 is 16.7. The minimum atomic E-state index is -0.510. The first-order valence-electron chi connectivity index (χ1n) is 10.9. The van der Waals surface area contributed by atoms with Crippen LogP contribution in [0.25, 0.3) is 0 Å². The summed E-state index contributed by atoms with van der Waals surface area (Å²) in [5.74, 6) is 0.969. The Morgan fingerprint density at radius 1 is 1.22 bits per heavy atom. The van der Waals surface area contributed by atoms with Crippen LogP contribution >= 0.6 is 11.6 Å². The van der Waals surface area contributed by atoms with Gasteiger partial charge in [-0.05, 0) is 31.0 Å². The normalized spacial score (nSPS) is 21.4. The molecular formula is C23H28ClN3O5. The van der Waals surface area contributed by atoms with Crippen LogP contribution in [0.5, 0.6) is 5.75 Å². The maximum absolute atomic E-state index is 13.1. The van der Waals surface area contributed by atoms with Crippen molar-refractivity contribution in [2.45, 2.75) is 26.2 Å².